The molecular weight excluding hydrogens is 492 g/mol. The van der Waals surface area contributed by atoms with E-state index in [1.807, 2.05) is 0 Å². The number of nitrogens with one attached hydrogen (secondary N) is 2. The van der Waals surface area contributed by atoms with Crippen molar-refractivity contribution < 1.29 is 27.7 Å². The van der Waals surface area contributed by atoms with Crippen molar-refractivity contribution >= 4 is 28.9 Å². The highest BCUT2D eigenvalue weighted by molar-refractivity contribution is 7.09. The average Bonchev–Trinajstić information content (AvgIpc) is 3.56. The third kappa shape index (κ3) is 6.42. The summed E-state index contributed by atoms with van der Waals surface area (Å²) in [6, 6.07) is 10.8. The Balaban J connectivity index is 1.43. The molecule has 4 rings (SSSR count). The zero-order chi connectivity index (χ0) is 25.5. The number of ketones is 1. The van der Waals surface area contributed by atoms with Crippen LogP contribution in [-0.4, -0.2) is 38.8 Å². The Morgan fingerprint density at radius 1 is 1.06 bits per heavy atom. The second-order valence-corrected chi connectivity index (χ2v) is 8.58. The maximum absolute atomic E-state index is 13.5. The van der Waals surface area contributed by atoms with Gasteiger partial charge in [0, 0.05) is 23.6 Å². The normalized spacial score (nSPS) is 11.6. The van der Waals surface area contributed by atoms with Crippen LogP contribution < -0.4 is 10.6 Å². The van der Waals surface area contributed by atoms with Crippen LogP contribution in [0.15, 0.2) is 64.6 Å². The van der Waals surface area contributed by atoms with Gasteiger partial charge in [-0.2, -0.15) is 4.98 Å². The number of amides is 2. The number of rotatable bonds is 10. The Bertz CT molecular complexity index is 1360. The number of hydrogen-bond donors (Lipinski definition) is 2. The van der Waals surface area contributed by atoms with Crippen molar-refractivity contribution in [1.82, 2.24) is 25.8 Å². The van der Waals surface area contributed by atoms with E-state index in [-0.39, 0.29) is 36.7 Å². The Hall–Kier alpha value is -4.32. The van der Waals surface area contributed by atoms with Crippen molar-refractivity contribution in [2.45, 2.75) is 25.4 Å². The molecule has 0 radical (unpaired) electrons. The first-order valence-corrected chi connectivity index (χ1v) is 11.6. The van der Waals surface area contributed by atoms with E-state index >= 15 is 0 Å². The van der Waals surface area contributed by atoms with Gasteiger partial charge in [-0.25, -0.2) is 13.8 Å². The SMILES string of the molecule is O=C(Cc1noc(-c2ccc(F)c(F)c2)n1)NC(Cc1ccccc1)C(=O)C(=O)NCc1nccs1. The number of benzene rings is 2. The molecule has 1 atom stereocenters. The maximum Gasteiger partial charge on any atom is 0.289 e. The molecule has 9 nitrogen and oxygen atoms in total. The molecule has 184 valence electrons. The molecule has 4 aromatic rings. The Labute approximate surface area is 207 Å². The number of aromatic nitrogens is 3. The topological polar surface area (TPSA) is 127 Å². The molecule has 0 bridgehead atoms. The van der Waals surface area contributed by atoms with Gasteiger partial charge in [-0.05, 0) is 23.8 Å². The molecule has 0 aliphatic heterocycles. The second kappa shape index (κ2) is 11.4. The lowest BCUT2D eigenvalue weighted by Gasteiger charge is -2.17. The number of carbonyl (C=O) groups is 3. The van der Waals surface area contributed by atoms with E-state index in [1.165, 1.54) is 17.4 Å². The van der Waals surface area contributed by atoms with Crippen molar-refractivity contribution in [1.29, 1.82) is 0 Å². The van der Waals surface area contributed by atoms with Crippen LogP contribution in [0.5, 0.6) is 0 Å². The summed E-state index contributed by atoms with van der Waals surface area (Å²) < 4.78 is 31.7. The van der Waals surface area contributed by atoms with Crippen molar-refractivity contribution in [2.24, 2.45) is 0 Å². The molecule has 0 saturated heterocycles. The number of Topliss-reactive ketones (excluding diaryl/α,β-unsaturated/α-hetero) is 1. The predicted molar refractivity (Wildman–Crippen MR) is 124 cm³/mol. The smallest absolute Gasteiger partial charge is 0.289 e. The van der Waals surface area contributed by atoms with Gasteiger partial charge < -0.3 is 15.2 Å². The molecular formula is C24H19F2N5O4S. The first-order valence-electron chi connectivity index (χ1n) is 10.7. The number of carbonyl (C=O) groups excluding carboxylic acids is 3. The summed E-state index contributed by atoms with van der Waals surface area (Å²) in [7, 11) is 0. The molecule has 0 aliphatic rings. The first-order chi connectivity index (χ1) is 17.4. The third-order valence-corrected chi connectivity index (χ3v) is 5.77. The maximum atomic E-state index is 13.5. The molecule has 1 unspecified atom stereocenters. The molecule has 2 N–H and O–H groups in total. The quantitative estimate of drug-likeness (QED) is 0.313. The van der Waals surface area contributed by atoms with Gasteiger partial charge in [0.05, 0.1) is 13.0 Å². The summed E-state index contributed by atoms with van der Waals surface area (Å²) in [5.41, 5.74) is 0.881. The molecule has 2 amide bonds. The Kier molecular flexibility index (Phi) is 7.85. The molecule has 12 heteroatoms. The fraction of sp³-hybridized carbons (Fsp3) is 0.167. The van der Waals surface area contributed by atoms with Gasteiger partial charge in [0.2, 0.25) is 11.7 Å². The van der Waals surface area contributed by atoms with Crippen molar-refractivity contribution in [3.05, 3.63) is 88.1 Å². The third-order valence-electron chi connectivity index (χ3n) is 5.00. The van der Waals surface area contributed by atoms with Gasteiger partial charge in [-0.15, -0.1) is 11.3 Å². The molecule has 0 fully saturated rings. The van der Waals surface area contributed by atoms with E-state index in [4.69, 9.17) is 4.52 Å². The fourth-order valence-corrected chi connectivity index (χ4v) is 3.82. The van der Waals surface area contributed by atoms with Crippen molar-refractivity contribution in [2.75, 3.05) is 0 Å². The molecule has 2 aromatic carbocycles. The van der Waals surface area contributed by atoms with Crippen LogP contribution in [0.4, 0.5) is 8.78 Å². The Morgan fingerprint density at radius 3 is 2.58 bits per heavy atom. The second-order valence-electron chi connectivity index (χ2n) is 7.60. The molecule has 36 heavy (non-hydrogen) atoms. The summed E-state index contributed by atoms with van der Waals surface area (Å²) in [5.74, 6) is -4.55. The zero-order valence-corrected chi connectivity index (χ0v) is 19.4. The minimum absolute atomic E-state index is 0.0358. The standard InChI is InChI=1S/C24H19F2N5O4S/c25-16-7-6-15(11-17(16)26)24-30-19(31-35-24)12-20(32)29-18(10-14-4-2-1-3-5-14)22(33)23(34)28-13-21-27-8-9-36-21/h1-9,11,18H,10,12-13H2,(H,28,34)(H,29,32). The monoisotopic (exact) mass is 511 g/mol. The number of thiazole rings is 1. The fourth-order valence-electron chi connectivity index (χ4n) is 3.26. The van der Waals surface area contributed by atoms with Crippen LogP contribution in [0.2, 0.25) is 0 Å². The molecule has 2 heterocycles. The summed E-state index contributed by atoms with van der Waals surface area (Å²) in [5, 5.41) is 11.1. The highest BCUT2D eigenvalue weighted by Crippen LogP contribution is 2.20. The lowest BCUT2D eigenvalue weighted by molar-refractivity contribution is -0.140. The minimum Gasteiger partial charge on any atom is -0.345 e. The largest absolute Gasteiger partial charge is 0.345 e. The van der Waals surface area contributed by atoms with Crippen LogP contribution in [0.25, 0.3) is 11.5 Å². The number of halogens is 2. The predicted octanol–water partition coefficient (Wildman–Crippen LogP) is 2.63. The van der Waals surface area contributed by atoms with E-state index in [0.717, 1.165) is 17.7 Å². The molecule has 0 aliphatic carbocycles. The number of hydrogen-bond acceptors (Lipinski definition) is 8. The molecule has 0 saturated carbocycles. The van der Waals surface area contributed by atoms with Gasteiger partial charge in [-0.1, -0.05) is 35.5 Å². The highest BCUT2D eigenvalue weighted by Gasteiger charge is 2.28. The molecule has 2 aromatic heterocycles. The van der Waals surface area contributed by atoms with Crippen LogP contribution >= 0.6 is 11.3 Å². The average molecular weight is 512 g/mol. The summed E-state index contributed by atoms with van der Waals surface area (Å²) in [6.45, 7) is 0.0872. The summed E-state index contributed by atoms with van der Waals surface area (Å²) in [4.78, 5) is 46.1. The van der Waals surface area contributed by atoms with Gasteiger partial charge in [0.25, 0.3) is 11.8 Å². The lowest BCUT2D eigenvalue weighted by Crippen LogP contribution is -2.49. The minimum atomic E-state index is -1.14. The molecule has 0 spiro atoms. The van der Waals surface area contributed by atoms with E-state index < -0.39 is 35.3 Å². The van der Waals surface area contributed by atoms with E-state index in [1.54, 1.807) is 41.9 Å². The van der Waals surface area contributed by atoms with E-state index in [2.05, 4.69) is 25.8 Å². The van der Waals surface area contributed by atoms with Crippen LogP contribution in [0.1, 0.15) is 16.4 Å². The van der Waals surface area contributed by atoms with E-state index in [0.29, 0.717) is 5.01 Å². The lowest BCUT2D eigenvalue weighted by atomic mass is 10.0. The van der Waals surface area contributed by atoms with Gasteiger partial charge in [0.1, 0.15) is 11.0 Å². The summed E-state index contributed by atoms with van der Waals surface area (Å²) >= 11 is 1.33. The van der Waals surface area contributed by atoms with Crippen molar-refractivity contribution in [3.63, 3.8) is 0 Å². The first kappa shape index (κ1) is 24.8. The van der Waals surface area contributed by atoms with Crippen LogP contribution in [0, 0.1) is 11.6 Å². The summed E-state index contributed by atoms with van der Waals surface area (Å²) in [6.07, 6.45) is 1.30. The van der Waals surface area contributed by atoms with Gasteiger partial charge >= 0.3 is 0 Å². The van der Waals surface area contributed by atoms with Crippen molar-refractivity contribution in [3.8, 4) is 11.5 Å². The van der Waals surface area contributed by atoms with Gasteiger partial charge in [0.15, 0.2) is 17.5 Å². The number of nitrogens with zero attached hydrogens (tertiary/aromatic N) is 3. The van der Waals surface area contributed by atoms with E-state index in [9.17, 15) is 23.2 Å². The Morgan fingerprint density at radius 2 is 1.86 bits per heavy atom. The van der Waals surface area contributed by atoms with Gasteiger partial charge in [-0.3, -0.25) is 14.4 Å². The highest BCUT2D eigenvalue weighted by atomic mass is 32.1. The van der Waals surface area contributed by atoms with Crippen LogP contribution in [0.3, 0.4) is 0 Å². The van der Waals surface area contributed by atoms with Crippen LogP contribution in [-0.2, 0) is 33.8 Å². The zero-order valence-electron chi connectivity index (χ0n) is 18.6.